The van der Waals surface area contributed by atoms with Crippen molar-refractivity contribution >= 4 is 39.8 Å². The highest BCUT2D eigenvalue weighted by atomic mass is 32.1. The first kappa shape index (κ1) is 24.2. The Hall–Kier alpha value is -3.97. The van der Waals surface area contributed by atoms with Crippen molar-refractivity contribution < 1.29 is 14.3 Å². The number of hydrogen-bond acceptors (Lipinski definition) is 5. The number of anilines is 1. The van der Waals surface area contributed by atoms with Crippen LogP contribution in [-0.2, 0) is 0 Å². The molecule has 0 aliphatic carbocycles. The van der Waals surface area contributed by atoms with Crippen LogP contribution in [0.2, 0.25) is 0 Å². The van der Waals surface area contributed by atoms with Gasteiger partial charge < -0.3 is 14.8 Å². The van der Waals surface area contributed by atoms with Gasteiger partial charge in [-0.25, -0.2) is 4.98 Å². The molecule has 3 aromatic carbocycles. The Kier molecular flexibility index (Phi) is 7.57. The smallest absolute Gasteiger partial charge is 0.258 e. The molecule has 0 aliphatic rings. The maximum atomic E-state index is 13.3. The van der Waals surface area contributed by atoms with Crippen LogP contribution in [0.3, 0.4) is 0 Å². The largest absolute Gasteiger partial charge is 0.497 e. The molecule has 0 atom stereocenters. The number of amides is 1. The topological polar surface area (TPSA) is 72.5 Å². The zero-order chi connectivity index (χ0) is 24.8. The average Bonchev–Trinajstić information content (AvgIpc) is 2.87. The Labute approximate surface area is 210 Å². The Morgan fingerprint density at radius 3 is 2.54 bits per heavy atom. The van der Waals surface area contributed by atoms with Gasteiger partial charge in [-0.05, 0) is 54.5 Å². The second kappa shape index (κ2) is 11.0. The molecule has 0 aliphatic heterocycles. The number of aromatic nitrogens is 1. The first-order valence-corrected chi connectivity index (χ1v) is 11.7. The number of hydrogen-bond donors (Lipinski definition) is 2. The summed E-state index contributed by atoms with van der Waals surface area (Å²) in [6.45, 7) is 4.83. The maximum Gasteiger partial charge on any atom is 0.258 e. The van der Waals surface area contributed by atoms with Gasteiger partial charge in [0.25, 0.3) is 5.91 Å². The Morgan fingerprint density at radius 1 is 0.971 bits per heavy atom. The number of nitrogens with one attached hydrogen (secondary N) is 2. The van der Waals surface area contributed by atoms with Gasteiger partial charge in [0.1, 0.15) is 11.5 Å². The van der Waals surface area contributed by atoms with Gasteiger partial charge >= 0.3 is 0 Å². The molecular formula is C28H27N3O3S. The molecule has 0 saturated carbocycles. The second-order valence-corrected chi connectivity index (χ2v) is 8.85. The Balaban J connectivity index is 1.61. The summed E-state index contributed by atoms with van der Waals surface area (Å²) in [6.07, 6.45) is 0. The zero-order valence-corrected chi connectivity index (χ0v) is 20.7. The quantitative estimate of drug-likeness (QED) is 0.310. The van der Waals surface area contributed by atoms with E-state index in [-0.39, 0.29) is 11.0 Å². The zero-order valence-electron chi connectivity index (χ0n) is 19.9. The van der Waals surface area contributed by atoms with E-state index < -0.39 is 0 Å². The second-order valence-electron chi connectivity index (χ2n) is 8.45. The number of rotatable bonds is 7. The van der Waals surface area contributed by atoms with Crippen molar-refractivity contribution in [2.24, 2.45) is 5.92 Å². The van der Waals surface area contributed by atoms with Crippen LogP contribution in [0.5, 0.6) is 11.5 Å². The number of benzene rings is 3. The number of carbonyl (C=O) groups excluding carboxylic acids is 1. The summed E-state index contributed by atoms with van der Waals surface area (Å²) in [5.74, 6) is 1.55. The molecule has 4 rings (SSSR count). The average molecular weight is 486 g/mol. The molecule has 35 heavy (non-hydrogen) atoms. The van der Waals surface area contributed by atoms with Crippen LogP contribution < -0.4 is 20.1 Å². The summed E-state index contributed by atoms with van der Waals surface area (Å²) in [4.78, 5) is 18.1. The molecule has 0 bridgehead atoms. The monoisotopic (exact) mass is 485 g/mol. The fraction of sp³-hybridized carbons (Fsp3) is 0.179. The highest BCUT2D eigenvalue weighted by Gasteiger charge is 2.16. The van der Waals surface area contributed by atoms with Crippen LogP contribution in [0.1, 0.15) is 24.2 Å². The molecule has 4 aromatic rings. The fourth-order valence-electron chi connectivity index (χ4n) is 3.55. The van der Waals surface area contributed by atoms with Crippen molar-refractivity contribution in [1.29, 1.82) is 0 Å². The number of thiocarbonyl (C=S) groups is 1. The van der Waals surface area contributed by atoms with E-state index in [0.717, 1.165) is 22.2 Å². The minimum Gasteiger partial charge on any atom is -0.497 e. The third kappa shape index (κ3) is 6.13. The third-order valence-corrected chi connectivity index (χ3v) is 5.43. The van der Waals surface area contributed by atoms with E-state index in [1.807, 2.05) is 66.7 Å². The molecule has 7 heteroatoms. The van der Waals surface area contributed by atoms with Crippen molar-refractivity contribution in [3.8, 4) is 22.8 Å². The van der Waals surface area contributed by atoms with E-state index in [0.29, 0.717) is 35.2 Å². The van der Waals surface area contributed by atoms with Crippen LogP contribution in [0.15, 0.2) is 78.9 Å². The molecule has 1 aromatic heterocycles. The molecule has 0 spiro atoms. The fourth-order valence-corrected chi connectivity index (χ4v) is 3.76. The predicted octanol–water partition coefficient (Wildman–Crippen LogP) is 6.07. The lowest BCUT2D eigenvalue weighted by Crippen LogP contribution is -2.34. The lowest BCUT2D eigenvalue weighted by molar-refractivity contribution is 0.0979. The van der Waals surface area contributed by atoms with Gasteiger partial charge in [0.2, 0.25) is 0 Å². The first-order valence-electron chi connectivity index (χ1n) is 11.3. The number of fused-ring (bicyclic) bond motifs is 1. The lowest BCUT2D eigenvalue weighted by atomic mass is 10.0. The van der Waals surface area contributed by atoms with Gasteiger partial charge in [0.05, 0.1) is 30.5 Å². The molecular weight excluding hydrogens is 458 g/mol. The highest BCUT2D eigenvalue weighted by molar-refractivity contribution is 7.80. The minimum atomic E-state index is -0.322. The van der Waals surface area contributed by atoms with Gasteiger partial charge in [-0.15, -0.1) is 0 Å². The Bertz CT molecular complexity index is 1370. The van der Waals surface area contributed by atoms with Crippen molar-refractivity contribution in [3.63, 3.8) is 0 Å². The van der Waals surface area contributed by atoms with E-state index in [2.05, 4.69) is 24.5 Å². The van der Waals surface area contributed by atoms with Gasteiger partial charge in [-0.3, -0.25) is 10.1 Å². The van der Waals surface area contributed by atoms with Crippen LogP contribution in [0, 0.1) is 5.92 Å². The van der Waals surface area contributed by atoms with Gasteiger partial charge in [-0.2, -0.15) is 0 Å². The van der Waals surface area contributed by atoms with Gasteiger partial charge in [0, 0.05) is 22.7 Å². The van der Waals surface area contributed by atoms with Crippen LogP contribution in [0.25, 0.3) is 22.2 Å². The summed E-state index contributed by atoms with van der Waals surface area (Å²) in [6, 6.07) is 24.4. The van der Waals surface area contributed by atoms with E-state index in [9.17, 15) is 4.79 Å². The maximum absolute atomic E-state index is 13.3. The standard InChI is InChI=1S/C28H27N3O3S/c1-18(2)17-34-22-11-6-8-19(14-22)26-16-24(23-12-4-5-13-25(23)30-26)27(32)31-28(35)29-20-9-7-10-21(15-20)33-3/h4-16,18H,17H2,1-3H3,(H2,29,31,32,35). The van der Waals surface area contributed by atoms with Crippen LogP contribution >= 0.6 is 12.2 Å². The van der Waals surface area contributed by atoms with Crippen molar-refractivity contribution in [2.45, 2.75) is 13.8 Å². The number of pyridine rings is 1. The van der Waals surface area contributed by atoms with Crippen LogP contribution in [-0.4, -0.2) is 29.7 Å². The molecule has 0 unspecified atom stereocenters. The highest BCUT2D eigenvalue weighted by Crippen LogP contribution is 2.27. The third-order valence-electron chi connectivity index (χ3n) is 5.23. The molecule has 0 fully saturated rings. The summed E-state index contributed by atoms with van der Waals surface area (Å²) in [5.41, 5.74) is 3.45. The number of para-hydroxylation sites is 1. The Morgan fingerprint density at radius 2 is 1.74 bits per heavy atom. The summed E-state index contributed by atoms with van der Waals surface area (Å²) in [5, 5.41) is 6.75. The molecule has 0 saturated heterocycles. The molecule has 178 valence electrons. The lowest BCUT2D eigenvalue weighted by Gasteiger charge is -2.13. The normalized spacial score (nSPS) is 10.7. The summed E-state index contributed by atoms with van der Waals surface area (Å²) >= 11 is 5.39. The van der Waals surface area contributed by atoms with Crippen molar-refractivity contribution in [3.05, 3.63) is 84.4 Å². The first-order chi connectivity index (χ1) is 16.9. The van der Waals surface area contributed by atoms with Gasteiger partial charge in [-0.1, -0.05) is 50.2 Å². The molecule has 0 radical (unpaired) electrons. The SMILES string of the molecule is COc1cccc(NC(=S)NC(=O)c2cc(-c3cccc(OCC(C)C)c3)nc3ccccc23)c1. The molecule has 2 N–H and O–H groups in total. The summed E-state index contributed by atoms with van der Waals surface area (Å²) in [7, 11) is 1.59. The summed E-state index contributed by atoms with van der Waals surface area (Å²) < 4.78 is 11.1. The van der Waals surface area contributed by atoms with E-state index in [1.54, 1.807) is 19.2 Å². The minimum absolute atomic E-state index is 0.190. The van der Waals surface area contributed by atoms with Gasteiger partial charge in [0.15, 0.2) is 5.11 Å². The van der Waals surface area contributed by atoms with E-state index >= 15 is 0 Å². The number of nitrogens with zero attached hydrogens (tertiary/aromatic N) is 1. The predicted molar refractivity (Wildman–Crippen MR) is 144 cm³/mol. The van der Waals surface area contributed by atoms with Crippen molar-refractivity contribution in [2.75, 3.05) is 19.0 Å². The number of ether oxygens (including phenoxy) is 2. The molecule has 6 nitrogen and oxygen atoms in total. The molecule has 1 amide bonds. The van der Waals surface area contributed by atoms with Crippen molar-refractivity contribution in [1.82, 2.24) is 10.3 Å². The molecule has 1 heterocycles. The number of carbonyl (C=O) groups is 1. The van der Waals surface area contributed by atoms with Crippen LogP contribution in [0.4, 0.5) is 5.69 Å². The number of methoxy groups -OCH3 is 1. The van der Waals surface area contributed by atoms with E-state index in [4.69, 9.17) is 26.7 Å². The van der Waals surface area contributed by atoms with E-state index in [1.165, 1.54) is 0 Å².